The Hall–Kier alpha value is -1.10. The number of carbonyl (C=O) groups is 1. The van der Waals surface area contributed by atoms with Crippen molar-refractivity contribution in [1.82, 2.24) is 0 Å². The summed E-state index contributed by atoms with van der Waals surface area (Å²) in [5.74, 6) is -2.26. The van der Waals surface area contributed by atoms with Crippen molar-refractivity contribution in [2.75, 3.05) is 5.73 Å². The molecule has 3 N–H and O–H groups in total. The Labute approximate surface area is 95.2 Å². The SMILES string of the molecule is CCC(C(=O)O)c1cc(F)cc(Br)c1N. The molecule has 0 aliphatic carbocycles. The van der Waals surface area contributed by atoms with E-state index in [2.05, 4.69) is 15.9 Å². The van der Waals surface area contributed by atoms with Gasteiger partial charge in [0.05, 0.1) is 11.6 Å². The maximum absolute atomic E-state index is 13.1. The van der Waals surface area contributed by atoms with E-state index >= 15 is 0 Å². The summed E-state index contributed by atoms with van der Waals surface area (Å²) in [4.78, 5) is 10.9. The number of hydrogen-bond donors (Lipinski definition) is 2. The molecule has 1 aromatic carbocycles. The molecular formula is C10H11BrFNO2. The Morgan fingerprint density at radius 2 is 2.27 bits per heavy atom. The van der Waals surface area contributed by atoms with Gasteiger partial charge < -0.3 is 10.8 Å². The van der Waals surface area contributed by atoms with Crippen molar-refractivity contribution in [1.29, 1.82) is 0 Å². The van der Waals surface area contributed by atoms with E-state index < -0.39 is 17.7 Å². The fraction of sp³-hybridized carbons (Fsp3) is 0.300. The van der Waals surface area contributed by atoms with Crippen LogP contribution in [0, 0.1) is 5.82 Å². The molecule has 3 nitrogen and oxygen atoms in total. The van der Waals surface area contributed by atoms with Crippen LogP contribution in [-0.4, -0.2) is 11.1 Å². The Balaban J connectivity index is 3.28. The molecule has 1 atom stereocenters. The predicted molar refractivity (Wildman–Crippen MR) is 59.2 cm³/mol. The van der Waals surface area contributed by atoms with E-state index in [0.29, 0.717) is 16.5 Å². The predicted octanol–water partition coefficient (Wildman–Crippen LogP) is 2.75. The number of nitrogen functional groups attached to an aromatic ring is 1. The first-order valence-electron chi connectivity index (χ1n) is 4.44. The fourth-order valence-electron chi connectivity index (χ4n) is 1.42. The third-order valence-electron chi connectivity index (χ3n) is 2.21. The first-order chi connectivity index (χ1) is 6.97. The number of carboxylic acids is 1. The average molecular weight is 276 g/mol. The highest BCUT2D eigenvalue weighted by Crippen LogP contribution is 2.32. The normalized spacial score (nSPS) is 12.5. The summed E-state index contributed by atoms with van der Waals surface area (Å²) >= 11 is 3.09. The summed E-state index contributed by atoms with van der Waals surface area (Å²) in [6.45, 7) is 1.72. The number of benzene rings is 1. The van der Waals surface area contributed by atoms with Gasteiger partial charge in [-0.15, -0.1) is 0 Å². The lowest BCUT2D eigenvalue weighted by atomic mass is 9.95. The van der Waals surface area contributed by atoms with Crippen molar-refractivity contribution >= 4 is 27.6 Å². The van der Waals surface area contributed by atoms with Gasteiger partial charge in [-0.2, -0.15) is 0 Å². The van der Waals surface area contributed by atoms with Gasteiger partial charge in [-0.1, -0.05) is 6.92 Å². The van der Waals surface area contributed by atoms with E-state index in [-0.39, 0.29) is 5.69 Å². The zero-order chi connectivity index (χ0) is 11.6. The molecule has 0 heterocycles. The molecule has 0 aromatic heterocycles. The minimum absolute atomic E-state index is 0.283. The van der Waals surface area contributed by atoms with Crippen LogP contribution in [0.15, 0.2) is 16.6 Å². The second kappa shape index (κ2) is 4.61. The van der Waals surface area contributed by atoms with Gasteiger partial charge in [-0.05, 0) is 40.0 Å². The van der Waals surface area contributed by atoms with Gasteiger partial charge in [0, 0.05) is 4.47 Å². The number of nitrogens with two attached hydrogens (primary N) is 1. The monoisotopic (exact) mass is 275 g/mol. The quantitative estimate of drug-likeness (QED) is 0.834. The van der Waals surface area contributed by atoms with Crippen LogP contribution < -0.4 is 5.73 Å². The highest BCUT2D eigenvalue weighted by atomic mass is 79.9. The van der Waals surface area contributed by atoms with E-state index in [1.165, 1.54) is 12.1 Å². The summed E-state index contributed by atoms with van der Waals surface area (Å²) in [5.41, 5.74) is 6.29. The highest BCUT2D eigenvalue weighted by Gasteiger charge is 2.21. The Kier molecular flexibility index (Phi) is 3.68. The Morgan fingerprint density at radius 3 is 2.73 bits per heavy atom. The van der Waals surface area contributed by atoms with Crippen LogP contribution in [0.2, 0.25) is 0 Å². The van der Waals surface area contributed by atoms with Crippen LogP contribution in [0.3, 0.4) is 0 Å². The molecule has 0 fully saturated rings. The van der Waals surface area contributed by atoms with Crippen LogP contribution in [0.25, 0.3) is 0 Å². The van der Waals surface area contributed by atoms with Gasteiger partial charge in [-0.25, -0.2) is 4.39 Å². The molecule has 0 radical (unpaired) electrons. The molecule has 0 aliphatic heterocycles. The summed E-state index contributed by atoms with van der Waals surface area (Å²) in [6.07, 6.45) is 0.370. The number of halogens is 2. The fourth-order valence-corrected chi connectivity index (χ4v) is 1.87. The minimum Gasteiger partial charge on any atom is -0.481 e. The number of aliphatic carboxylic acids is 1. The largest absolute Gasteiger partial charge is 0.481 e. The first kappa shape index (κ1) is 12.0. The lowest BCUT2D eigenvalue weighted by Crippen LogP contribution is -2.13. The summed E-state index contributed by atoms with van der Waals surface area (Å²) in [6, 6.07) is 2.38. The van der Waals surface area contributed by atoms with Gasteiger partial charge in [0.25, 0.3) is 0 Å². The maximum Gasteiger partial charge on any atom is 0.311 e. The highest BCUT2D eigenvalue weighted by molar-refractivity contribution is 9.10. The first-order valence-corrected chi connectivity index (χ1v) is 5.23. The Bertz CT molecular complexity index is 395. The molecule has 5 heteroatoms. The number of anilines is 1. The van der Waals surface area contributed by atoms with E-state index in [1.807, 2.05) is 0 Å². The number of carboxylic acid groups (broad SMARTS) is 1. The smallest absolute Gasteiger partial charge is 0.311 e. The summed E-state index contributed by atoms with van der Waals surface area (Å²) < 4.78 is 13.5. The molecule has 0 saturated heterocycles. The number of rotatable bonds is 3. The van der Waals surface area contributed by atoms with E-state index in [1.54, 1.807) is 6.92 Å². The van der Waals surface area contributed by atoms with Crippen molar-refractivity contribution in [3.63, 3.8) is 0 Å². The molecule has 0 spiro atoms. The maximum atomic E-state index is 13.1. The zero-order valence-electron chi connectivity index (χ0n) is 8.13. The second-order valence-electron chi connectivity index (χ2n) is 3.19. The Morgan fingerprint density at radius 1 is 1.67 bits per heavy atom. The third-order valence-corrected chi connectivity index (χ3v) is 2.86. The van der Waals surface area contributed by atoms with Gasteiger partial charge in [0.2, 0.25) is 0 Å². The van der Waals surface area contributed by atoms with Crippen LogP contribution in [0.4, 0.5) is 10.1 Å². The molecule has 0 amide bonds. The molecule has 1 rings (SSSR count). The van der Waals surface area contributed by atoms with Crippen LogP contribution >= 0.6 is 15.9 Å². The van der Waals surface area contributed by atoms with Crippen molar-refractivity contribution < 1.29 is 14.3 Å². The van der Waals surface area contributed by atoms with Crippen molar-refractivity contribution in [2.24, 2.45) is 0 Å². The van der Waals surface area contributed by atoms with Gasteiger partial charge in [0.15, 0.2) is 0 Å². The molecular weight excluding hydrogens is 265 g/mol. The summed E-state index contributed by atoms with van der Waals surface area (Å²) in [5, 5.41) is 8.94. The van der Waals surface area contributed by atoms with Gasteiger partial charge in [0.1, 0.15) is 5.82 Å². The molecule has 0 bridgehead atoms. The van der Waals surface area contributed by atoms with Crippen molar-refractivity contribution in [3.8, 4) is 0 Å². The van der Waals surface area contributed by atoms with Crippen molar-refractivity contribution in [2.45, 2.75) is 19.3 Å². The molecule has 0 saturated carbocycles. The topological polar surface area (TPSA) is 63.3 Å². The molecule has 0 aliphatic rings. The minimum atomic E-state index is -0.998. The van der Waals surface area contributed by atoms with Crippen molar-refractivity contribution in [3.05, 3.63) is 28.0 Å². The van der Waals surface area contributed by atoms with E-state index in [0.717, 1.165) is 0 Å². The van der Waals surface area contributed by atoms with Crippen LogP contribution in [0.1, 0.15) is 24.8 Å². The standard InChI is InChI=1S/C10H11BrFNO2/c1-2-6(10(14)15)7-3-5(12)4-8(11)9(7)13/h3-4,6H,2,13H2,1H3,(H,14,15). The average Bonchev–Trinajstić information content (AvgIpc) is 2.13. The van der Waals surface area contributed by atoms with Gasteiger partial charge in [-0.3, -0.25) is 4.79 Å². The third kappa shape index (κ3) is 2.47. The zero-order valence-corrected chi connectivity index (χ0v) is 9.71. The second-order valence-corrected chi connectivity index (χ2v) is 4.04. The molecule has 82 valence electrons. The van der Waals surface area contributed by atoms with Crippen LogP contribution in [-0.2, 0) is 4.79 Å². The summed E-state index contributed by atoms with van der Waals surface area (Å²) in [7, 11) is 0. The van der Waals surface area contributed by atoms with E-state index in [4.69, 9.17) is 10.8 Å². The van der Waals surface area contributed by atoms with E-state index in [9.17, 15) is 9.18 Å². The molecule has 15 heavy (non-hydrogen) atoms. The lowest BCUT2D eigenvalue weighted by Gasteiger charge is -2.14. The molecule has 1 aromatic rings. The number of hydrogen-bond acceptors (Lipinski definition) is 2. The van der Waals surface area contributed by atoms with Crippen LogP contribution in [0.5, 0.6) is 0 Å². The van der Waals surface area contributed by atoms with Gasteiger partial charge >= 0.3 is 5.97 Å². The lowest BCUT2D eigenvalue weighted by molar-refractivity contribution is -0.138. The molecule has 1 unspecified atom stereocenters.